The molecule has 0 bridgehead atoms. The number of nitrogens with one attached hydrogen (secondary N) is 1. The SMILES string of the molecule is CC(C)Oc1ccc(N=C(N)NO)cc1. The van der Waals surface area contributed by atoms with E-state index in [9.17, 15) is 0 Å². The molecule has 82 valence electrons. The maximum absolute atomic E-state index is 8.44. The Labute approximate surface area is 88.5 Å². The zero-order chi connectivity index (χ0) is 11.3. The van der Waals surface area contributed by atoms with E-state index in [0.29, 0.717) is 5.69 Å². The van der Waals surface area contributed by atoms with Crippen LogP contribution in [0.1, 0.15) is 13.8 Å². The normalized spacial score (nSPS) is 11.6. The van der Waals surface area contributed by atoms with E-state index in [0.717, 1.165) is 5.75 Å². The fourth-order valence-corrected chi connectivity index (χ4v) is 1.04. The van der Waals surface area contributed by atoms with Gasteiger partial charge in [0.05, 0.1) is 11.8 Å². The molecule has 0 aliphatic heterocycles. The highest BCUT2D eigenvalue weighted by Crippen LogP contribution is 2.18. The molecule has 5 nitrogen and oxygen atoms in total. The lowest BCUT2D eigenvalue weighted by Crippen LogP contribution is -2.27. The van der Waals surface area contributed by atoms with Gasteiger partial charge in [0.2, 0.25) is 5.96 Å². The standard InChI is InChI=1S/C10H15N3O2/c1-7(2)15-9-5-3-8(4-6-9)12-10(11)13-14/h3-7,14H,1-2H3,(H3,11,12,13). The largest absolute Gasteiger partial charge is 0.491 e. The highest BCUT2D eigenvalue weighted by molar-refractivity contribution is 5.79. The lowest BCUT2D eigenvalue weighted by molar-refractivity contribution is 0.233. The number of hydrogen-bond donors (Lipinski definition) is 3. The lowest BCUT2D eigenvalue weighted by atomic mass is 10.3. The molecule has 0 heterocycles. The topological polar surface area (TPSA) is 79.9 Å². The van der Waals surface area contributed by atoms with Crippen molar-refractivity contribution >= 4 is 11.6 Å². The minimum Gasteiger partial charge on any atom is -0.491 e. The molecule has 15 heavy (non-hydrogen) atoms. The predicted molar refractivity (Wildman–Crippen MR) is 58.4 cm³/mol. The summed E-state index contributed by atoms with van der Waals surface area (Å²) in [4.78, 5) is 3.88. The summed E-state index contributed by atoms with van der Waals surface area (Å²) < 4.78 is 5.46. The van der Waals surface area contributed by atoms with Gasteiger partial charge in [-0.3, -0.25) is 5.21 Å². The Morgan fingerprint density at radius 3 is 2.47 bits per heavy atom. The lowest BCUT2D eigenvalue weighted by Gasteiger charge is -2.09. The number of nitrogens with two attached hydrogens (primary N) is 1. The van der Waals surface area contributed by atoms with Crippen molar-refractivity contribution in [2.24, 2.45) is 10.7 Å². The molecule has 1 rings (SSSR count). The Hall–Kier alpha value is -1.75. The molecule has 4 N–H and O–H groups in total. The first-order valence-corrected chi connectivity index (χ1v) is 4.63. The fraction of sp³-hybridized carbons (Fsp3) is 0.300. The summed E-state index contributed by atoms with van der Waals surface area (Å²) in [7, 11) is 0. The summed E-state index contributed by atoms with van der Waals surface area (Å²) in [6.45, 7) is 3.92. The Morgan fingerprint density at radius 2 is 2.00 bits per heavy atom. The summed E-state index contributed by atoms with van der Waals surface area (Å²) in [5, 5.41) is 8.44. The van der Waals surface area contributed by atoms with Crippen molar-refractivity contribution in [1.29, 1.82) is 0 Å². The van der Waals surface area contributed by atoms with Gasteiger partial charge >= 0.3 is 0 Å². The molecule has 0 amide bonds. The number of rotatable bonds is 3. The molecule has 1 aromatic rings. The first-order chi connectivity index (χ1) is 7.11. The number of guanidine groups is 1. The van der Waals surface area contributed by atoms with E-state index in [-0.39, 0.29) is 12.1 Å². The van der Waals surface area contributed by atoms with E-state index >= 15 is 0 Å². The molecule has 0 saturated carbocycles. The number of hydroxylamine groups is 1. The maximum atomic E-state index is 8.44. The third kappa shape index (κ3) is 3.86. The second-order valence-corrected chi connectivity index (χ2v) is 3.27. The monoisotopic (exact) mass is 209 g/mol. The summed E-state index contributed by atoms with van der Waals surface area (Å²) in [6.07, 6.45) is 0.142. The average Bonchev–Trinajstić information content (AvgIpc) is 2.20. The molecule has 1 aromatic carbocycles. The number of ether oxygens (including phenoxy) is 1. The number of benzene rings is 1. The molecule has 0 unspecified atom stereocenters. The van der Waals surface area contributed by atoms with Crippen LogP contribution in [-0.2, 0) is 0 Å². The van der Waals surface area contributed by atoms with E-state index in [1.807, 2.05) is 13.8 Å². The van der Waals surface area contributed by atoms with Crippen LogP contribution in [0.4, 0.5) is 5.69 Å². The smallest absolute Gasteiger partial charge is 0.218 e. The van der Waals surface area contributed by atoms with Gasteiger partial charge in [-0.15, -0.1) is 0 Å². The van der Waals surface area contributed by atoms with Crippen LogP contribution in [0.2, 0.25) is 0 Å². The Morgan fingerprint density at radius 1 is 1.40 bits per heavy atom. The Bertz CT molecular complexity index is 333. The quantitative estimate of drug-likeness (QED) is 0.399. The van der Waals surface area contributed by atoms with Gasteiger partial charge in [0.25, 0.3) is 0 Å². The molecule has 0 aliphatic carbocycles. The van der Waals surface area contributed by atoms with E-state index in [1.54, 1.807) is 29.7 Å². The van der Waals surface area contributed by atoms with Gasteiger partial charge < -0.3 is 10.5 Å². The van der Waals surface area contributed by atoms with Crippen LogP contribution in [-0.4, -0.2) is 17.3 Å². The van der Waals surface area contributed by atoms with Crippen LogP contribution < -0.4 is 16.0 Å². The molecule has 0 saturated heterocycles. The van der Waals surface area contributed by atoms with Gasteiger partial charge in [-0.25, -0.2) is 10.5 Å². The predicted octanol–water partition coefficient (Wildman–Crippen LogP) is 1.40. The Balaban J connectivity index is 2.72. The van der Waals surface area contributed by atoms with Gasteiger partial charge in [0.1, 0.15) is 5.75 Å². The van der Waals surface area contributed by atoms with Crippen LogP contribution in [0.25, 0.3) is 0 Å². The minimum atomic E-state index is -0.0486. The average molecular weight is 209 g/mol. The van der Waals surface area contributed by atoms with Crippen LogP contribution in [0.3, 0.4) is 0 Å². The molecule has 5 heteroatoms. The molecular weight excluding hydrogens is 194 g/mol. The third-order valence-corrected chi connectivity index (χ3v) is 1.57. The molecule has 0 radical (unpaired) electrons. The highest BCUT2D eigenvalue weighted by Gasteiger charge is 1.97. The number of aliphatic imine (C=N–C) groups is 1. The second-order valence-electron chi connectivity index (χ2n) is 3.27. The van der Waals surface area contributed by atoms with Crippen molar-refractivity contribution in [2.75, 3.05) is 0 Å². The molecule has 0 aromatic heterocycles. The van der Waals surface area contributed by atoms with Crippen LogP contribution in [0.15, 0.2) is 29.3 Å². The van der Waals surface area contributed by atoms with Gasteiger partial charge in [-0.2, -0.15) is 0 Å². The molecule has 0 spiro atoms. The van der Waals surface area contributed by atoms with Crippen molar-refractivity contribution < 1.29 is 9.94 Å². The zero-order valence-electron chi connectivity index (χ0n) is 8.77. The van der Waals surface area contributed by atoms with Crippen molar-refractivity contribution in [1.82, 2.24) is 5.48 Å². The summed E-state index contributed by atoms with van der Waals surface area (Å²) in [5.41, 5.74) is 7.68. The Kier molecular flexibility index (Phi) is 3.93. The fourth-order valence-electron chi connectivity index (χ4n) is 1.04. The summed E-state index contributed by atoms with van der Waals surface area (Å²) in [5.74, 6) is 0.729. The summed E-state index contributed by atoms with van der Waals surface area (Å²) >= 11 is 0. The first-order valence-electron chi connectivity index (χ1n) is 4.63. The van der Waals surface area contributed by atoms with E-state index in [1.165, 1.54) is 0 Å². The molecule has 0 fully saturated rings. The molecule has 0 atom stereocenters. The van der Waals surface area contributed by atoms with E-state index in [4.69, 9.17) is 15.7 Å². The van der Waals surface area contributed by atoms with Crippen molar-refractivity contribution in [3.8, 4) is 5.75 Å². The van der Waals surface area contributed by atoms with Crippen LogP contribution >= 0.6 is 0 Å². The zero-order valence-corrected chi connectivity index (χ0v) is 8.77. The van der Waals surface area contributed by atoms with Gasteiger partial charge in [0, 0.05) is 0 Å². The van der Waals surface area contributed by atoms with Crippen LogP contribution in [0, 0.1) is 0 Å². The highest BCUT2D eigenvalue weighted by atomic mass is 16.5. The minimum absolute atomic E-state index is 0.0486. The first kappa shape index (κ1) is 11.3. The maximum Gasteiger partial charge on any atom is 0.218 e. The molecular formula is C10H15N3O2. The van der Waals surface area contributed by atoms with E-state index in [2.05, 4.69) is 4.99 Å². The molecule has 0 aliphatic rings. The van der Waals surface area contributed by atoms with Gasteiger partial charge in [-0.1, -0.05) is 0 Å². The third-order valence-electron chi connectivity index (χ3n) is 1.57. The second kappa shape index (κ2) is 5.21. The van der Waals surface area contributed by atoms with Crippen molar-refractivity contribution in [3.05, 3.63) is 24.3 Å². The number of hydrogen-bond acceptors (Lipinski definition) is 3. The summed E-state index contributed by atoms with van der Waals surface area (Å²) in [6, 6.07) is 7.09. The van der Waals surface area contributed by atoms with Gasteiger partial charge in [0.15, 0.2) is 0 Å². The van der Waals surface area contributed by atoms with Gasteiger partial charge in [-0.05, 0) is 38.1 Å². The van der Waals surface area contributed by atoms with Crippen LogP contribution in [0.5, 0.6) is 5.75 Å². The van der Waals surface area contributed by atoms with Crippen molar-refractivity contribution in [3.63, 3.8) is 0 Å². The van der Waals surface area contributed by atoms with E-state index < -0.39 is 0 Å². The van der Waals surface area contributed by atoms with Crippen molar-refractivity contribution in [2.45, 2.75) is 20.0 Å². The number of nitrogens with zero attached hydrogens (tertiary/aromatic N) is 1.